The van der Waals surface area contributed by atoms with Crippen molar-refractivity contribution in [2.45, 2.75) is 26.2 Å². The van der Waals surface area contributed by atoms with Gasteiger partial charge in [-0.1, -0.05) is 6.07 Å². The van der Waals surface area contributed by atoms with Crippen molar-refractivity contribution in [1.82, 2.24) is 9.97 Å². The summed E-state index contributed by atoms with van der Waals surface area (Å²) in [5.41, 5.74) is 2.34. The maximum atomic E-state index is 14.7. The second-order valence-electron chi connectivity index (χ2n) is 8.75. The lowest BCUT2D eigenvalue weighted by Gasteiger charge is -2.25. The van der Waals surface area contributed by atoms with Crippen molar-refractivity contribution < 1.29 is 18.4 Å². The number of amides is 2. The molecule has 1 aliphatic carbocycles. The summed E-state index contributed by atoms with van der Waals surface area (Å²) in [6.45, 7) is 1.94. The summed E-state index contributed by atoms with van der Waals surface area (Å²) in [6, 6.07) is 9.06. The van der Waals surface area contributed by atoms with Crippen LogP contribution in [0.3, 0.4) is 0 Å². The van der Waals surface area contributed by atoms with Gasteiger partial charge < -0.3 is 20.4 Å². The third kappa shape index (κ3) is 4.51. The molecule has 2 N–H and O–H groups in total. The molecule has 0 atom stereocenters. The van der Waals surface area contributed by atoms with Gasteiger partial charge in [0.2, 0.25) is 17.8 Å². The van der Waals surface area contributed by atoms with Gasteiger partial charge in [0.05, 0.1) is 6.20 Å². The standard InChI is InChI=1S/C25H24F2N6O2/c1-14-12-16(8-9-19(14)30-24(35)15-6-7-15)29-25-28-13-20-23(31-25)33(11-10-21(34)32(20)2)22-17(26)4-3-5-18(22)27/h3-5,8-9,12-13,15H,6-7,10-11H2,1-2H3,(H,30,35)(H,28,29,31). The largest absolute Gasteiger partial charge is 0.326 e. The molecule has 35 heavy (non-hydrogen) atoms. The minimum absolute atomic E-state index is 0.0297. The lowest BCUT2D eigenvalue weighted by molar-refractivity contribution is -0.118. The lowest BCUT2D eigenvalue weighted by atomic mass is 10.1. The molecule has 0 saturated heterocycles. The van der Waals surface area contributed by atoms with Crippen LogP contribution in [0.4, 0.5) is 43.3 Å². The van der Waals surface area contributed by atoms with Gasteiger partial charge in [-0.25, -0.2) is 13.8 Å². The van der Waals surface area contributed by atoms with Crippen LogP contribution in [0.25, 0.3) is 0 Å². The van der Waals surface area contributed by atoms with Gasteiger partial charge in [0.15, 0.2) is 5.82 Å². The molecule has 0 radical (unpaired) electrons. The van der Waals surface area contributed by atoms with Crippen LogP contribution in [0.2, 0.25) is 0 Å². The van der Waals surface area contributed by atoms with E-state index in [0.29, 0.717) is 11.4 Å². The molecule has 0 unspecified atom stereocenters. The van der Waals surface area contributed by atoms with Crippen LogP contribution < -0.4 is 20.4 Å². The number of carbonyl (C=O) groups excluding carboxylic acids is 2. The van der Waals surface area contributed by atoms with Crippen LogP contribution >= 0.6 is 0 Å². The van der Waals surface area contributed by atoms with Gasteiger partial charge >= 0.3 is 0 Å². The summed E-state index contributed by atoms with van der Waals surface area (Å²) in [6.07, 6.45) is 3.36. The Balaban J connectivity index is 1.47. The highest BCUT2D eigenvalue weighted by molar-refractivity contribution is 5.98. The SMILES string of the molecule is Cc1cc(Nc2ncc3c(n2)N(c2c(F)cccc2F)CCC(=O)N3C)ccc1NC(=O)C1CC1. The van der Waals surface area contributed by atoms with E-state index in [1.165, 1.54) is 34.2 Å². The molecule has 1 fully saturated rings. The molecule has 8 nitrogen and oxygen atoms in total. The molecule has 5 rings (SSSR count). The Morgan fingerprint density at radius 3 is 2.57 bits per heavy atom. The average Bonchev–Trinajstić information content (AvgIpc) is 3.68. The summed E-state index contributed by atoms with van der Waals surface area (Å²) >= 11 is 0. The van der Waals surface area contributed by atoms with Crippen molar-refractivity contribution in [2.75, 3.05) is 34.0 Å². The van der Waals surface area contributed by atoms with E-state index < -0.39 is 11.6 Å². The van der Waals surface area contributed by atoms with Crippen molar-refractivity contribution in [2.24, 2.45) is 5.92 Å². The third-order valence-corrected chi connectivity index (χ3v) is 6.19. The van der Waals surface area contributed by atoms with E-state index in [-0.39, 0.29) is 48.2 Å². The molecule has 1 aromatic heterocycles. The number of nitrogens with one attached hydrogen (secondary N) is 2. The maximum Gasteiger partial charge on any atom is 0.229 e. The van der Waals surface area contributed by atoms with Gasteiger partial charge in [-0.15, -0.1) is 0 Å². The minimum Gasteiger partial charge on any atom is -0.326 e. The number of aryl methyl sites for hydroxylation is 1. The van der Waals surface area contributed by atoms with Crippen molar-refractivity contribution >= 4 is 46.3 Å². The number of carbonyl (C=O) groups is 2. The molecule has 1 aliphatic heterocycles. The Morgan fingerprint density at radius 1 is 1.14 bits per heavy atom. The number of aromatic nitrogens is 2. The first-order valence-corrected chi connectivity index (χ1v) is 11.4. The molecule has 2 aromatic carbocycles. The topological polar surface area (TPSA) is 90.5 Å². The van der Waals surface area contributed by atoms with Crippen molar-refractivity contribution in [3.8, 4) is 0 Å². The van der Waals surface area contributed by atoms with Crippen LogP contribution in [0.15, 0.2) is 42.6 Å². The molecule has 2 aliphatic rings. The number of halogens is 2. The molecular formula is C25H24F2N6O2. The van der Waals surface area contributed by atoms with Crippen LogP contribution in [0.1, 0.15) is 24.8 Å². The average molecular weight is 479 g/mol. The highest BCUT2D eigenvalue weighted by Crippen LogP contribution is 2.38. The van der Waals surface area contributed by atoms with Crippen molar-refractivity contribution in [3.63, 3.8) is 0 Å². The molecule has 2 heterocycles. The molecule has 1 saturated carbocycles. The number of para-hydroxylation sites is 1. The number of hydrogen-bond donors (Lipinski definition) is 2. The van der Waals surface area contributed by atoms with E-state index in [9.17, 15) is 18.4 Å². The Bertz CT molecular complexity index is 1310. The maximum absolute atomic E-state index is 14.7. The first kappa shape index (κ1) is 22.7. The number of rotatable bonds is 5. The normalized spacial score (nSPS) is 15.5. The van der Waals surface area contributed by atoms with Gasteiger partial charge in [-0.3, -0.25) is 9.59 Å². The predicted octanol–water partition coefficient (Wildman–Crippen LogP) is 4.66. The second-order valence-corrected chi connectivity index (χ2v) is 8.75. The smallest absolute Gasteiger partial charge is 0.229 e. The molecular weight excluding hydrogens is 454 g/mol. The van der Waals surface area contributed by atoms with Gasteiger partial charge in [0, 0.05) is 37.3 Å². The number of benzene rings is 2. The minimum atomic E-state index is -0.750. The summed E-state index contributed by atoms with van der Waals surface area (Å²) in [7, 11) is 1.58. The van der Waals surface area contributed by atoms with E-state index in [4.69, 9.17) is 0 Å². The fraction of sp³-hybridized carbons (Fsp3) is 0.280. The zero-order chi connectivity index (χ0) is 24.7. The second kappa shape index (κ2) is 8.94. The van der Waals surface area contributed by atoms with Crippen molar-refractivity contribution in [1.29, 1.82) is 0 Å². The molecule has 2 amide bonds. The van der Waals surface area contributed by atoms with Crippen LogP contribution in [0, 0.1) is 24.5 Å². The van der Waals surface area contributed by atoms with E-state index >= 15 is 0 Å². The monoisotopic (exact) mass is 478 g/mol. The summed E-state index contributed by atoms with van der Waals surface area (Å²) < 4.78 is 29.3. The summed E-state index contributed by atoms with van der Waals surface area (Å²) in [4.78, 5) is 36.2. The Hall–Kier alpha value is -4.08. The molecule has 180 valence electrons. The summed E-state index contributed by atoms with van der Waals surface area (Å²) in [5.74, 6) is -1.17. The van der Waals surface area contributed by atoms with E-state index in [2.05, 4.69) is 20.6 Å². The number of hydrogen-bond acceptors (Lipinski definition) is 6. The van der Waals surface area contributed by atoms with Crippen LogP contribution in [-0.2, 0) is 9.59 Å². The number of nitrogens with zero attached hydrogens (tertiary/aromatic N) is 4. The zero-order valence-electron chi connectivity index (χ0n) is 19.3. The Morgan fingerprint density at radius 2 is 1.89 bits per heavy atom. The number of anilines is 6. The number of fused-ring (bicyclic) bond motifs is 1. The van der Waals surface area contributed by atoms with Crippen LogP contribution in [-0.4, -0.2) is 35.4 Å². The lowest BCUT2D eigenvalue weighted by Crippen LogP contribution is -2.25. The van der Waals surface area contributed by atoms with Gasteiger partial charge in [-0.05, 0) is 55.7 Å². The Labute approximate surface area is 201 Å². The van der Waals surface area contributed by atoms with Gasteiger partial charge in [0.1, 0.15) is 23.0 Å². The fourth-order valence-electron chi connectivity index (χ4n) is 4.03. The highest BCUT2D eigenvalue weighted by atomic mass is 19.1. The first-order chi connectivity index (χ1) is 16.8. The quantitative estimate of drug-likeness (QED) is 0.554. The molecule has 3 aromatic rings. The first-order valence-electron chi connectivity index (χ1n) is 11.4. The molecule has 0 spiro atoms. The highest BCUT2D eigenvalue weighted by Gasteiger charge is 2.31. The molecule has 10 heteroatoms. The van der Waals surface area contributed by atoms with E-state index in [0.717, 1.165) is 24.1 Å². The summed E-state index contributed by atoms with van der Waals surface area (Å²) in [5, 5.41) is 6.05. The third-order valence-electron chi connectivity index (χ3n) is 6.19. The zero-order valence-corrected chi connectivity index (χ0v) is 19.3. The van der Waals surface area contributed by atoms with Gasteiger partial charge in [-0.2, -0.15) is 4.98 Å². The molecule has 0 bridgehead atoms. The fourth-order valence-corrected chi connectivity index (χ4v) is 4.03. The predicted molar refractivity (Wildman–Crippen MR) is 129 cm³/mol. The van der Waals surface area contributed by atoms with Gasteiger partial charge in [0.25, 0.3) is 0 Å². The Kier molecular flexibility index (Phi) is 5.80. The van der Waals surface area contributed by atoms with E-state index in [1.807, 2.05) is 13.0 Å². The van der Waals surface area contributed by atoms with Crippen molar-refractivity contribution in [3.05, 3.63) is 59.8 Å². The van der Waals surface area contributed by atoms with Crippen LogP contribution in [0.5, 0.6) is 0 Å². The van der Waals surface area contributed by atoms with E-state index in [1.54, 1.807) is 19.2 Å².